The molecule has 0 aliphatic carbocycles. The Bertz CT molecular complexity index is 754. The first kappa shape index (κ1) is 19.3. The molecule has 0 saturated carbocycles. The monoisotopic (exact) mass is 380 g/mol. The number of piperidine rings is 1. The average Bonchev–Trinajstić information content (AvgIpc) is 2.75. The van der Waals surface area contributed by atoms with E-state index in [9.17, 15) is 0 Å². The van der Waals surface area contributed by atoms with E-state index in [2.05, 4.69) is 53.1 Å². The van der Waals surface area contributed by atoms with Crippen LogP contribution in [0.3, 0.4) is 0 Å². The molecule has 4 nitrogen and oxygen atoms in total. The van der Waals surface area contributed by atoms with Gasteiger partial charge < -0.3 is 20.1 Å². The van der Waals surface area contributed by atoms with Gasteiger partial charge in [0, 0.05) is 12.1 Å². The van der Waals surface area contributed by atoms with Crippen molar-refractivity contribution in [3.8, 4) is 11.5 Å². The van der Waals surface area contributed by atoms with Crippen LogP contribution in [0.15, 0.2) is 42.5 Å². The molecule has 0 radical (unpaired) electrons. The van der Waals surface area contributed by atoms with Crippen molar-refractivity contribution in [2.75, 3.05) is 26.8 Å². The summed E-state index contributed by atoms with van der Waals surface area (Å²) >= 11 is 0. The Kier molecular flexibility index (Phi) is 6.50. The lowest BCUT2D eigenvalue weighted by molar-refractivity contribution is 0.268. The fraction of sp³-hybridized carbons (Fsp3) is 0.500. The third-order valence-corrected chi connectivity index (χ3v) is 6.02. The van der Waals surface area contributed by atoms with Gasteiger partial charge >= 0.3 is 0 Å². The van der Waals surface area contributed by atoms with Crippen LogP contribution < -0.4 is 20.1 Å². The fourth-order valence-corrected chi connectivity index (χ4v) is 4.39. The van der Waals surface area contributed by atoms with E-state index < -0.39 is 0 Å². The van der Waals surface area contributed by atoms with Gasteiger partial charge in [0.1, 0.15) is 11.5 Å². The Hall–Kier alpha value is -2.04. The molecule has 0 amide bonds. The van der Waals surface area contributed by atoms with Crippen molar-refractivity contribution in [1.29, 1.82) is 0 Å². The molecule has 1 fully saturated rings. The molecule has 0 aromatic heterocycles. The number of nitrogens with one attached hydrogen (secondary N) is 2. The Balaban J connectivity index is 1.31. The molecule has 2 N–H and O–H groups in total. The van der Waals surface area contributed by atoms with Crippen LogP contribution in [0.2, 0.25) is 0 Å². The molecule has 0 bridgehead atoms. The molecular weight excluding hydrogens is 348 g/mol. The molecule has 4 heteroatoms. The lowest BCUT2D eigenvalue weighted by atomic mass is 9.90. The zero-order valence-corrected chi connectivity index (χ0v) is 16.9. The second kappa shape index (κ2) is 9.44. The molecule has 2 aliphatic heterocycles. The molecule has 2 unspecified atom stereocenters. The van der Waals surface area contributed by atoms with Crippen LogP contribution >= 0.6 is 0 Å². The Morgan fingerprint density at radius 2 is 1.82 bits per heavy atom. The predicted octanol–water partition coefficient (Wildman–Crippen LogP) is 4.04. The molecule has 150 valence electrons. The van der Waals surface area contributed by atoms with E-state index in [1.807, 2.05) is 0 Å². The summed E-state index contributed by atoms with van der Waals surface area (Å²) in [7, 11) is 1.73. The van der Waals surface area contributed by atoms with Gasteiger partial charge in [-0.3, -0.25) is 0 Å². The van der Waals surface area contributed by atoms with Gasteiger partial charge in [-0.15, -0.1) is 0 Å². The first-order chi connectivity index (χ1) is 13.8. The summed E-state index contributed by atoms with van der Waals surface area (Å²) in [6.45, 7) is 2.96. The van der Waals surface area contributed by atoms with Crippen molar-refractivity contribution in [1.82, 2.24) is 10.6 Å². The van der Waals surface area contributed by atoms with Crippen LogP contribution in [-0.4, -0.2) is 32.8 Å². The highest BCUT2D eigenvalue weighted by Gasteiger charge is 2.20. The highest BCUT2D eigenvalue weighted by atomic mass is 16.5. The third kappa shape index (κ3) is 4.86. The van der Waals surface area contributed by atoms with Gasteiger partial charge in [-0.05, 0) is 86.1 Å². The third-order valence-electron chi connectivity index (χ3n) is 6.02. The first-order valence-corrected chi connectivity index (χ1v) is 10.7. The first-order valence-electron chi connectivity index (χ1n) is 10.7. The number of benzene rings is 2. The van der Waals surface area contributed by atoms with Crippen molar-refractivity contribution in [3.05, 3.63) is 59.2 Å². The van der Waals surface area contributed by atoms with Crippen LogP contribution in [-0.2, 0) is 12.8 Å². The summed E-state index contributed by atoms with van der Waals surface area (Å²) in [5.41, 5.74) is 4.13. The Morgan fingerprint density at radius 3 is 2.61 bits per heavy atom. The number of ether oxygens (including phenoxy) is 2. The average molecular weight is 381 g/mol. The maximum atomic E-state index is 5.97. The molecule has 1 saturated heterocycles. The topological polar surface area (TPSA) is 42.5 Å². The highest BCUT2D eigenvalue weighted by molar-refractivity contribution is 5.40. The van der Waals surface area contributed by atoms with Crippen LogP contribution in [0.5, 0.6) is 11.5 Å². The summed E-state index contributed by atoms with van der Waals surface area (Å²) in [6, 6.07) is 16.1. The van der Waals surface area contributed by atoms with Gasteiger partial charge in [0.15, 0.2) is 0 Å². The normalized spacial score (nSPS) is 21.8. The van der Waals surface area contributed by atoms with Crippen LogP contribution in [0.1, 0.15) is 48.4 Å². The standard InChI is InChI=1S/C24H32N2O2/c1-27-22-9-10-23-19(17-22)11-14-26-24(23)16-18-5-7-21(8-6-18)28-15-12-20-4-2-3-13-25-20/h5-10,17,20,24-26H,2-4,11-16H2,1H3. The van der Waals surface area contributed by atoms with E-state index in [1.165, 1.54) is 36.0 Å². The minimum atomic E-state index is 0.360. The van der Waals surface area contributed by atoms with Gasteiger partial charge in [-0.25, -0.2) is 0 Å². The summed E-state index contributed by atoms with van der Waals surface area (Å²) in [5, 5.41) is 7.25. The van der Waals surface area contributed by atoms with Crippen LogP contribution in [0.4, 0.5) is 0 Å². The molecule has 28 heavy (non-hydrogen) atoms. The molecule has 2 aliphatic rings. The summed E-state index contributed by atoms with van der Waals surface area (Å²) < 4.78 is 11.3. The smallest absolute Gasteiger partial charge is 0.119 e. The van der Waals surface area contributed by atoms with Gasteiger partial charge in [0.25, 0.3) is 0 Å². The summed E-state index contributed by atoms with van der Waals surface area (Å²) in [5.74, 6) is 1.92. The quantitative estimate of drug-likeness (QED) is 0.761. The van der Waals surface area contributed by atoms with Gasteiger partial charge in [0.2, 0.25) is 0 Å². The van der Waals surface area contributed by atoms with Gasteiger partial charge in [-0.1, -0.05) is 24.6 Å². The highest BCUT2D eigenvalue weighted by Crippen LogP contribution is 2.29. The maximum absolute atomic E-state index is 5.97. The molecular formula is C24H32N2O2. The van der Waals surface area contributed by atoms with Crippen molar-refractivity contribution < 1.29 is 9.47 Å². The SMILES string of the molecule is COc1ccc2c(c1)CCNC2Cc1ccc(OCCC2CCCCN2)cc1. The predicted molar refractivity (Wildman–Crippen MR) is 113 cm³/mol. The second-order valence-corrected chi connectivity index (χ2v) is 7.95. The number of hydrogen-bond donors (Lipinski definition) is 2. The molecule has 2 heterocycles. The summed E-state index contributed by atoms with van der Waals surface area (Å²) in [4.78, 5) is 0. The minimum absolute atomic E-state index is 0.360. The van der Waals surface area contributed by atoms with Crippen LogP contribution in [0.25, 0.3) is 0 Å². The number of hydrogen-bond acceptors (Lipinski definition) is 4. The van der Waals surface area contributed by atoms with Gasteiger partial charge in [-0.2, -0.15) is 0 Å². The second-order valence-electron chi connectivity index (χ2n) is 7.95. The van der Waals surface area contributed by atoms with Crippen molar-refractivity contribution >= 4 is 0 Å². The minimum Gasteiger partial charge on any atom is -0.497 e. The Labute approximate surface area is 168 Å². The van der Waals surface area contributed by atoms with E-state index in [0.717, 1.165) is 50.5 Å². The van der Waals surface area contributed by atoms with Crippen molar-refractivity contribution in [3.63, 3.8) is 0 Å². The fourth-order valence-electron chi connectivity index (χ4n) is 4.39. The molecule has 4 rings (SSSR count). The largest absolute Gasteiger partial charge is 0.497 e. The van der Waals surface area contributed by atoms with Crippen LogP contribution in [0, 0.1) is 0 Å². The maximum Gasteiger partial charge on any atom is 0.119 e. The molecule has 0 spiro atoms. The van der Waals surface area contributed by atoms with Crippen molar-refractivity contribution in [2.45, 2.75) is 50.6 Å². The molecule has 2 atom stereocenters. The Morgan fingerprint density at radius 1 is 0.964 bits per heavy atom. The van der Waals surface area contributed by atoms with Gasteiger partial charge in [0.05, 0.1) is 13.7 Å². The summed E-state index contributed by atoms with van der Waals surface area (Å²) in [6.07, 6.45) is 7.08. The number of methoxy groups -OCH3 is 1. The van der Waals surface area contributed by atoms with E-state index in [0.29, 0.717) is 12.1 Å². The van der Waals surface area contributed by atoms with E-state index in [1.54, 1.807) is 7.11 Å². The molecule has 2 aromatic rings. The number of rotatable bonds is 7. The van der Waals surface area contributed by atoms with Crippen molar-refractivity contribution in [2.24, 2.45) is 0 Å². The number of fused-ring (bicyclic) bond motifs is 1. The lowest BCUT2D eigenvalue weighted by Crippen LogP contribution is -2.35. The zero-order chi connectivity index (χ0) is 19.2. The van der Waals surface area contributed by atoms with E-state index in [-0.39, 0.29) is 0 Å². The zero-order valence-electron chi connectivity index (χ0n) is 16.9. The van der Waals surface area contributed by atoms with E-state index >= 15 is 0 Å². The lowest BCUT2D eigenvalue weighted by Gasteiger charge is -2.27. The molecule has 2 aromatic carbocycles. The van der Waals surface area contributed by atoms with E-state index in [4.69, 9.17) is 9.47 Å².